The maximum Gasteiger partial charge on any atom is 0.271 e. The van der Waals surface area contributed by atoms with Crippen molar-refractivity contribution in [3.05, 3.63) is 66.2 Å². The van der Waals surface area contributed by atoms with Crippen LogP contribution in [0.2, 0.25) is 0 Å². The summed E-state index contributed by atoms with van der Waals surface area (Å²) in [5.41, 5.74) is 2.50. The van der Waals surface area contributed by atoms with Gasteiger partial charge in [-0.25, -0.2) is 8.42 Å². The molecule has 0 saturated heterocycles. The Bertz CT molecular complexity index is 1180. The molecule has 1 aromatic heterocycles. The molecule has 5 nitrogen and oxygen atoms in total. The van der Waals surface area contributed by atoms with Gasteiger partial charge in [0, 0.05) is 17.5 Å². The Balaban J connectivity index is 1.42. The van der Waals surface area contributed by atoms with Gasteiger partial charge in [-0.2, -0.15) is 0 Å². The Labute approximate surface area is 207 Å². The van der Waals surface area contributed by atoms with Gasteiger partial charge < -0.3 is 10.1 Å². The summed E-state index contributed by atoms with van der Waals surface area (Å²) in [5.74, 6) is 1.55. The van der Waals surface area contributed by atoms with E-state index in [9.17, 15) is 8.42 Å². The average molecular weight is 499 g/mol. The highest BCUT2D eigenvalue weighted by Crippen LogP contribution is 2.33. The molecule has 2 N–H and O–H groups in total. The van der Waals surface area contributed by atoms with E-state index in [0.29, 0.717) is 22.5 Å². The second kappa shape index (κ2) is 11.4. The van der Waals surface area contributed by atoms with Crippen molar-refractivity contribution in [2.24, 2.45) is 5.92 Å². The Morgan fingerprint density at radius 3 is 2.62 bits per heavy atom. The van der Waals surface area contributed by atoms with Gasteiger partial charge in [-0.3, -0.25) is 4.72 Å². The minimum atomic E-state index is -3.69. The Morgan fingerprint density at radius 1 is 1.03 bits per heavy atom. The van der Waals surface area contributed by atoms with Crippen molar-refractivity contribution in [3.63, 3.8) is 0 Å². The number of sulfonamides is 1. The van der Waals surface area contributed by atoms with E-state index in [1.807, 2.05) is 54.6 Å². The molecule has 1 aliphatic rings. The molecule has 1 saturated carbocycles. The zero-order valence-corrected chi connectivity index (χ0v) is 21.6. The quantitative estimate of drug-likeness (QED) is 0.327. The lowest BCUT2D eigenvalue weighted by atomic mass is 9.85. The molecule has 0 spiro atoms. The van der Waals surface area contributed by atoms with E-state index in [1.165, 1.54) is 49.9 Å². The van der Waals surface area contributed by atoms with Gasteiger partial charge in [0.05, 0.1) is 12.8 Å². The fourth-order valence-corrected chi connectivity index (χ4v) is 7.06. The molecule has 3 aromatic rings. The van der Waals surface area contributed by atoms with Crippen LogP contribution < -0.4 is 14.8 Å². The Morgan fingerprint density at radius 2 is 1.82 bits per heavy atom. The molecule has 0 aliphatic heterocycles. The minimum absolute atomic E-state index is 0.291. The van der Waals surface area contributed by atoms with Crippen molar-refractivity contribution >= 4 is 27.0 Å². The Hall–Kier alpha value is -2.35. The van der Waals surface area contributed by atoms with E-state index in [4.69, 9.17) is 4.74 Å². The number of anilines is 1. The predicted molar refractivity (Wildman–Crippen MR) is 141 cm³/mol. The van der Waals surface area contributed by atoms with E-state index < -0.39 is 10.0 Å². The van der Waals surface area contributed by atoms with Crippen molar-refractivity contribution in [2.45, 2.75) is 62.2 Å². The van der Waals surface area contributed by atoms with Gasteiger partial charge >= 0.3 is 0 Å². The molecule has 34 heavy (non-hydrogen) atoms. The van der Waals surface area contributed by atoms with Crippen LogP contribution in [0.4, 0.5) is 5.69 Å². The lowest BCUT2D eigenvalue weighted by Gasteiger charge is -2.25. The predicted octanol–water partition coefficient (Wildman–Crippen LogP) is 6.67. The summed E-state index contributed by atoms with van der Waals surface area (Å²) < 4.78 is 34.8. The molecule has 0 amide bonds. The summed E-state index contributed by atoms with van der Waals surface area (Å²) >= 11 is 1.25. The maximum atomic E-state index is 13.2. The first kappa shape index (κ1) is 24.8. The minimum Gasteiger partial charge on any atom is -0.497 e. The van der Waals surface area contributed by atoms with Crippen LogP contribution in [-0.4, -0.2) is 21.6 Å². The number of benzene rings is 2. The van der Waals surface area contributed by atoms with Gasteiger partial charge in [0.1, 0.15) is 9.96 Å². The van der Waals surface area contributed by atoms with Gasteiger partial charge in [-0.1, -0.05) is 62.4 Å². The highest BCUT2D eigenvalue weighted by Gasteiger charge is 2.20. The van der Waals surface area contributed by atoms with Crippen LogP contribution in [0.3, 0.4) is 0 Å². The lowest BCUT2D eigenvalue weighted by Crippen LogP contribution is -2.29. The van der Waals surface area contributed by atoms with E-state index in [2.05, 4.69) is 17.0 Å². The van der Waals surface area contributed by atoms with Crippen LogP contribution in [0.5, 0.6) is 5.75 Å². The number of hydrogen-bond acceptors (Lipinski definition) is 5. The highest BCUT2D eigenvalue weighted by molar-refractivity contribution is 7.94. The molecule has 2 aromatic carbocycles. The summed E-state index contributed by atoms with van der Waals surface area (Å²) in [6.45, 7) is 2.86. The van der Waals surface area contributed by atoms with Crippen LogP contribution in [0.1, 0.15) is 51.0 Å². The molecule has 1 aliphatic carbocycles. The molecule has 0 bridgehead atoms. The van der Waals surface area contributed by atoms with Crippen LogP contribution in [-0.2, 0) is 16.6 Å². The molecule has 0 unspecified atom stereocenters. The molecule has 1 atom stereocenters. The van der Waals surface area contributed by atoms with Gasteiger partial charge in [0.2, 0.25) is 0 Å². The number of ether oxygens (including phenoxy) is 1. The van der Waals surface area contributed by atoms with Gasteiger partial charge in [-0.05, 0) is 60.7 Å². The fraction of sp³-hybridized carbons (Fsp3) is 0.407. The first-order valence-corrected chi connectivity index (χ1v) is 14.3. The lowest BCUT2D eigenvalue weighted by molar-refractivity contribution is 0.305. The smallest absolute Gasteiger partial charge is 0.271 e. The molecular formula is C27H34N2O3S2. The van der Waals surface area contributed by atoms with Crippen LogP contribution in [0.15, 0.2) is 64.9 Å². The first-order valence-electron chi connectivity index (χ1n) is 12.0. The topological polar surface area (TPSA) is 67.4 Å². The monoisotopic (exact) mass is 498 g/mol. The van der Waals surface area contributed by atoms with Gasteiger partial charge in [0.25, 0.3) is 10.0 Å². The van der Waals surface area contributed by atoms with Crippen LogP contribution >= 0.6 is 11.3 Å². The number of nitrogens with one attached hydrogen (secondary N) is 2. The third-order valence-electron chi connectivity index (χ3n) is 6.51. The molecule has 4 rings (SSSR count). The first-order chi connectivity index (χ1) is 16.4. The van der Waals surface area contributed by atoms with Crippen molar-refractivity contribution in [1.29, 1.82) is 0 Å². The maximum absolute atomic E-state index is 13.2. The summed E-state index contributed by atoms with van der Waals surface area (Å²) in [6, 6.07) is 19.2. The zero-order valence-electron chi connectivity index (χ0n) is 19.9. The van der Waals surface area contributed by atoms with Crippen molar-refractivity contribution < 1.29 is 13.2 Å². The second-order valence-electron chi connectivity index (χ2n) is 9.13. The number of para-hydroxylation sites is 1. The van der Waals surface area contributed by atoms with E-state index in [0.717, 1.165) is 27.7 Å². The number of thiophene rings is 1. The van der Waals surface area contributed by atoms with Crippen LogP contribution in [0.25, 0.3) is 10.4 Å². The summed E-state index contributed by atoms with van der Waals surface area (Å²) in [7, 11) is -2.07. The normalized spacial score (nSPS) is 15.7. The SMILES string of the molecule is COc1cccc(-c2ccc(S(=O)(=O)Nc3ccccc3CN[C@@H](C)CC3CCCCC3)s2)c1. The van der Waals surface area contributed by atoms with Gasteiger partial charge in [-0.15, -0.1) is 11.3 Å². The number of rotatable bonds is 10. The molecule has 0 radical (unpaired) electrons. The zero-order chi connectivity index (χ0) is 24.0. The van der Waals surface area contributed by atoms with Gasteiger partial charge in [0.15, 0.2) is 0 Å². The number of hydrogen-bond donors (Lipinski definition) is 2. The highest BCUT2D eigenvalue weighted by atomic mass is 32.2. The van der Waals surface area contributed by atoms with E-state index in [-0.39, 0.29) is 0 Å². The molecular weight excluding hydrogens is 464 g/mol. The fourth-order valence-electron chi connectivity index (χ4n) is 4.66. The van der Waals surface area contributed by atoms with Crippen LogP contribution in [0, 0.1) is 5.92 Å². The average Bonchev–Trinajstić information content (AvgIpc) is 3.36. The molecule has 7 heteroatoms. The third-order valence-corrected chi connectivity index (χ3v) is 9.51. The van der Waals surface area contributed by atoms with E-state index in [1.54, 1.807) is 13.2 Å². The van der Waals surface area contributed by atoms with Crippen molar-refractivity contribution in [1.82, 2.24) is 5.32 Å². The van der Waals surface area contributed by atoms with Crippen molar-refractivity contribution in [2.75, 3.05) is 11.8 Å². The Kier molecular flexibility index (Phi) is 8.29. The summed E-state index contributed by atoms with van der Waals surface area (Å²) in [4.78, 5) is 0.880. The van der Waals surface area contributed by atoms with Crippen molar-refractivity contribution in [3.8, 4) is 16.2 Å². The largest absolute Gasteiger partial charge is 0.497 e. The standard InChI is InChI=1S/C27H34N2O3S2/c1-20(17-21-9-4-3-5-10-21)28-19-23-11-6-7-14-25(23)29-34(30,31)27-16-15-26(33-27)22-12-8-13-24(18-22)32-2/h6-8,11-16,18,20-21,28-29H,3-5,9-10,17,19H2,1-2H3/t20-/m0/s1. The second-order valence-corrected chi connectivity index (χ2v) is 12.1. The number of methoxy groups -OCH3 is 1. The molecule has 1 fully saturated rings. The summed E-state index contributed by atoms with van der Waals surface area (Å²) in [5, 5.41) is 3.60. The molecule has 182 valence electrons. The summed E-state index contributed by atoms with van der Waals surface area (Å²) in [6.07, 6.45) is 7.92. The molecule has 1 heterocycles. The third kappa shape index (κ3) is 6.40. The van der Waals surface area contributed by atoms with E-state index >= 15 is 0 Å².